The molecule has 2 heterocycles. The van der Waals surface area contributed by atoms with Crippen molar-refractivity contribution in [3.05, 3.63) is 58.0 Å². The summed E-state index contributed by atoms with van der Waals surface area (Å²) in [7, 11) is -0.568. The Hall–Kier alpha value is -2.16. The Morgan fingerprint density at radius 1 is 1.21 bits per heavy atom. The van der Waals surface area contributed by atoms with E-state index in [1.807, 2.05) is 69.5 Å². The number of thiazole rings is 1. The van der Waals surface area contributed by atoms with Gasteiger partial charge < -0.3 is 19.4 Å². The van der Waals surface area contributed by atoms with Crippen LogP contribution in [0, 0.1) is 0 Å². The molecule has 28 heavy (non-hydrogen) atoms. The van der Waals surface area contributed by atoms with Crippen LogP contribution in [0.4, 0.5) is 4.79 Å². The molecule has 1 saturated heterocycles. The van der Waals surface area contributed by atoms with E-state index in [1.54, 1.807) is 5.51 Å². The Labute approximate surface area is 170 Å². The van der Waals surface area contributed by atoms with Crippen LogP contribution in [0.25, 0.3) is 6.08 Å². The fraction of sp³-hybridized carbons (Fsp3) is 0.400. The highest BCUT2D eigenvalue weighted by molar-refractivity contribution is 7.07. The van der Waals surface area contributed by atoms with Crippen molar-refractivity contribution in [1.29, 1.82) is 0 Å². The standard InChI is InChI=1S/C20H25BN2O4S/c1-19(2)20(3,4)27-21(26-19)16(10-17-13-28-14-23-17)11-22-18(24)25-12-15-8-6-5-7-9-15/h5-10,13-14H,11-12H2,1-4H3,(H,22,24). The van der Waals surface area contributed by atoms with E-state index in [2.05, 4.69) is 10.3 Å². The number of ether oxygens (including phenoxy) is 1. The summed E-state index contributed by atoms with van der Waals surface area (Å²) in [5.41, 5.74) is 3.34. The molecule has 1 fully saturated rings. The number of benzene rings is 1. The van der Waals surface area contributed by atoms with Crippen LogP contribution < -0.4 is 5.32 Å². The van der Waals surface area contributed by atoms with Crippen LogP contribution in [0.5, 0.6) is 0 Å². The van der Waals surface area contributed by atoms with Gasteiger partial charge in [-0.25, -0.2) is 9.78 Å². The lowest BCUT2D eigenvalue weighted by atomic mass is 9.77. The maximum absolute atomic E-state index is 12.1. The number of rotatable bonds is 6. The third kappa shape index (κ3) is 5.01. The van der Waals surface area contributed by atoms with Crippen LogP contribution in [-0.4, -0.2) is 35.9 Å². The minimum absolute atomic E-state index is 0.217. The Kier molecular flexibility index (Phi) is 6.22. The Morgan fingerprint density at radius 3 is 2.50 bits per heavy atom. The number of carbonyl (C=O) groups excluding carboxylic acids is 1. The van der Waals surface area contributed by atoms with Crippen LogP contribution in [0.1, 0.15) is 39.0 Å². The lowest BCUT2D eigenvalue weighted by molar-refractivity contribution is 0.00578. The van der Waals surface area contributed by atoms with Crippen molar-refractivity contribution in [2.45, 2.75) is 45.5 Å². The van der Waals surface area contributed by atoms with Gasteiger partial charge in [0, 0.05) is 11.9 Å². The molecule has 8 heteroatoms. The third-order valence-corrected chi connectivity index (χ3v) is 5.60. The molecule has 148 valence electrons. The number of nitrogens with one attached hydrogen (secondary N) is 1. The zero-order chi connectivity index (χ0) is 20.2. The molecule has 2 aromatic rings. The second kappa shape index (κ2) is 8.47. The first-order valence-electron chi connectivity index (χ1n) is 9.16. The highest BCUT2D eigenvalue weighted by atomic mass is 32.1. The van der Waals surface area contributed by atoms with E-state index in [0.717, 1.165) is 16.7 Å². The average molecular weight is 400 g/mol. The molecule has 0 atom stereocenters. The molecule has 0 aliphatic carbocycles. The van der Waals surface area contributed by atoms with Gasteiger partial charge in [0.05, 0.1) is 22.4 Å². The largest absolute Gasteiger partial charge is 0.492 e. The van der Waals surface area contributed by atoms with Crippen LogP contribution in [0.2, 0.25) is 0 Å². The summed E-state index contributed by atoms with van der Waals surface area (Å²) in [6.07, 6.45) is 1.39. The summed E-state index contributed by atoms with van der Waals surface area (Å²) in [5.74, 6) is 0. The molecule has 0 saturated carbocycles. The molecule has 6 nitrogen and oxygen atoms in total. The zero-order valence-electron chi connectivity index (χ0n) is 16.6. The van der Waals surface area contributed by atoms with Crippen molar-refractivity contribution in [2.24, 2.45) is 0 Å². The van der Waals surface area contributed by atoms with E-state index in [4.69, 9.17) is 14.0 Å². The first-order chi connectivity index (χ1) is 13.3. The number of alkyl carbamates (subject to hydrolysis) is 1. The van der Waals surface area contributed by atoms with Crippen LogP contribution in [0.3, 0.4) is 0 Å². The van der Waals surface area contributed by atoms with Crippen LogP contribution in [-0.2, 0) is 20.7 Å². The highest BCUT2D eigenvalue weighted by Gasteiger charge is 2.52. The van der Waals surface area contributed by atoms with E-state index < -0.39 is 24.4 Å². The number of nitrogens with zero attached hydrogens (tertiary/aromatic N) is 1. The second-order valence-corrected chi connectivity index (χ2v) is 8.35. The quantitative estimate of drug-likeness (QED) is 0.740. The van der Waals surface area contributed by atoms with Gasteiger partial charge in [-0.1, -0.05) is 30.3 Å². The van der Waals surface area contributed by atoms with Crippen molar-refractivity contribution < 1.29 is 18.8 Å². The lowest BCUT2D eigenvalue weighted by Crippen LogP contribution is -2.41. The van der Waals surface area contributed by atoms with Crippen LogP contribution in [0.15, 0.2) is 46.7 Å². The summed E-state index contributed by atoms with van der Waals surface area (Å²) in [6.45, 7) is 8.43. The van der Waals surface area contributed by atoms with E-state index in [1.165, 1.54) is 11.3 Å². The van der Waals surface area contributed by atoms with E-state index in [-0.39, 0.29) is 13.2 Å². The molecular weight excluding hydrogens is 375 g/mol. The Morgan fingerprint density at radius 2 is 1.89 bits per heavy atom. The maximum atomic E-state index is 12.1. The molecule has 0 radical (unpaired) electrons. The summed E-state index contributed by atoms with van der Waals surface area (Å²) >= 11 is 1.50. The molecular formula is C20H25BN2O4S. The predicted octanol–water partition coefficient (Wildman–Crippen LogP) is 4.08. The van der Waals surface area contributed by atoms with Gasteiger partial charge in [0.2, 0.25) is 0 Å². The van der Waals surface area contributed by atoms with Gasteiger partial charge in [-0.2, -0.15) is 0 Å². The van der Waals surface area contributed by atoms with Gasteiger partial charge in [0.1, 0.15) is 6.61 Å². The molecule has 1 aliphatic heterocycles. The van der Waals surface area contributed by atoms with Crippen molar-refractivity contribution >= 4 is 30.6 Å². The molecule has 1 N–H and O–H groups in total. The third-order valence-electron chi connectivity index (χ3n) is 4.99. The number of amides is 1. The highest BCUT2D eigenvalue weighted by Crippen LogP contribution is 2.38. The summed E-state index contributed by atoms with van der Waals surface area (Å²) in [4.78, 5) is 16.4. The minimum Gasteiger partial charge on any atom is -0.445 e. The normalized spacial score (nSPS) is 18.1. The van der Waals surface area contributed by atoms with E-state index >= 15 is 0 Å². The maximum Gasteiger partial charge on any atom is 0.492 e. The van der Waals surface area contributed by atoms with E-state index in [9.17, 15) is 4.79 Å². The Balaban J connectivity index is 1.64. The topological polar surface area (TPSA) is 69.7 Å². The SMILES string of the molecule is CC1(C)OB(C(=Cc2cscn2)CNC(=O)OCc2ccccc2)OC1(C)C. The van der Waals surface area contributed by atoms with E-state index in [0.29, 0.717) is 0 Å². The molecule has 1 aliphatic rings. The monoisotopic (exact) mass is 400 g/mol. The summed E-state index contributed by atoms with van der Waals surface area (Å²) in [5, 5.41) is 4.71. The van der Waals surface area contributed by atoms with Gasteiger partial charge in [-0.15, -0.1) is 11.3 Å². The van der Waals surface area contributed by atoms with Gasteiger partial charge in [0.25, 0.3) is 0 Å². The minimum atomic E-state index is -0.568. The second-order valence-electron chi connectivity index (χ2n) is 7.64. The van der Waals surface area contributed by atoms with Crippen molar-refractivity contribution in [2.75, 3.05) is 6.54 Å². The molecule has 0 bridgehead atoms. The smallest absolute Gasteiger partial charge is 0.445 e. The van der Waals surface area contributed by atoms with Gasteiger partial charge in [-0.3, -0.25) is 0 Å². The zero-order valence-corrected chi connectivity index (χ0v) is 17.4. The van der Waals surface area contributed by atoms with Gasteiger partial charge >= 0.3 is 13.2 Å². The molecule has 3 rings (SSSR count). The number of aromatic nitrogens is 1. The predicted molar refractivity (Wildman–Crippen MR) is 111 cm³/mol. The number of hydrogen-bond acceptors (Lipinski definition) is 6. The van der Waals surface area contributed by atoms with Crippen LogP contribution >= 0.6 is 11.3 Å². The molecule has 0 spiro atoms. The van der Waals surface area contributed by atoms with Gasteiger partial charge in [-0.05, 0) is 44.8 Å². The first-order valence-corrected chi connectivity index (χ1v) is 10.1. The fourth-order valence-electron chi connectivity index (χ4n) is 2.63. The summed E-state index contributed by atoms with van der Waals surface area (Å²) < 4.78 is 17.5. The molecule has 0 unspecified atom stereocenters. The average Bonchev–Trinajstić information content (AvgIpc) is 3.23. The number of hydrogen-bond donors (Lipinski definition) is 1. The molecule has 1 aromatic carbocycles. The van der Waals surface area contributed by atoms with Gasteiger partial charge in [0.15, 0.2) is 0 Å². The van der Waals surface area contributed by atoms with Crippen molar-refractivity contribution in [3.63, 3.8) is 0 Å². The fourth-order valence-corrected chi connectivity index (χ4v) is 3.14. The molecule has 1 aromatic heterocycles. The Bertz CT molecular complexity index is 806. The summed E-state index contributed by atoms with van der Waals surface area (Å²) in [6, 6.07) is 9.55. The molecule has 1 amide bonds. The lowest BCUT2D eigenvalue weighted by Gasteiger charge is -2.32. The van der Waals surface area contributed by atoms with Crippen molar-refractivity contribution in [3.8, 4) is 0 Å². The first kappa shape index (κ1) is 20.6. The number of carbonyl (C=O) groups is 1. The van der Waals surface area contributed by atoms with Crippen molar-refractivity contribution in [1.82, 2.24) is 10.3 Å².